The van der Waals surface area contributed by atoms with Gasteiger partial charge in [-0.05, 0) is 49.2 Å². The average molecular weight is 529 g/mol. The summed E-state index contributed by atoms with van der Waals surface area (Å²) in [6.45, 7) is 11.9. The number of hydrogen-bond donors (Lipinski definition) is 1. The summed E-state index contributed by atoms with van der Waals surface area (Å²) < 4.78 is 0. The molecule has 0 aliphatic carbocycles. The van der Waals surface area contributed by atoms with E-state index < -0.39 is 0 Å². The number of nitrogens with one attached hydrogen (secondary N) is 1. The number of thioether (sulfide) groups is 3. The first-order chi connectivity index (χ1) is 15.6. The molecule has 0 saturated carbocycles. The van der Waals surface area contributed by atoms with Gasteiger partial charge in [0.15, 0.2) is 0 Å². The predicted molar refractivity (Wildman–Crippen MR) is 145 cm³/mol. The summed E-state index contributed by atoms with van der Waals surface area (Å²) in [5.74, 6) is 2.00. The molecule has 3 rings (SSSR count). The second-order valence-electron chi connectivity index (χ2n) is 7.49. The number of anilines is 1. The molecule has 0 amide bonds. The Labute approximate surface area is 254 Å². The van der Waals surface area contributed by atoms with Gasteiger partial charge in [-0.25, -0.2) is 4.98 Å². The molecule has 1 aliphatic rings. The molecule has 2 heterocycles. The van der Waals surface area contributed by atoms with Gasteiger partial charge in [0, 0.05) is 44.2 Å². The monoisotopic (exact) mass is 528 g/mol. The van der Waals surface area contributed by atoms with E-state index in [0.717, 1.165) is 78.8 Å². The number of aliphatic imine (C=N–C) groups is 1. The van der Waals surface area contributed by atoms with Crippen LogP contribution in [0, 0.1) is 6.92 Å². The standard InChI is InChI=1S/C23H33N6S3.K/c1-18-15-21(30-3)22(23(27-18)31-4)25-16-29-11-9-28(10-12-29)13-14-32-17-26-20-8-6-5-7-19(20)24-2;/h5-8,15,26H,2,9-14,16-17H2,1,3-4H3;/q-1;+1. The first-order valence-electron chi connectivity index (χ1n) is 10.7. The van der Waals surface area contributed by atoms with Crippen LogP contribution in [0.3, 0.4) is 0 Å². The summed E-state index contributed by atoms with van der Waals surface area (Å²) in [6, 6.07) is 10.2. The molecule has 0 atom stereocenters. The maximum atomic E-state index is 4.95. The number of para-hydroxylation sites is 2. The number of aryl methyl sites for hydroxylation is 1. The third kappa shape index (κ3) is 9.32. The molecule has 0 spiro atoms. The Hall–Kier alpha value is 0.246. The summed E-state index contributed by atoms with van der Waals surface area (Å²) in [6.07, 6.45) is 4.19. The topological polar surface area (TPSA) is 57.9 Å². The molecular weight excluding hydrogens is 496 g/mol. The number of pyridine rings is 1. The molecular formula is C23H33KN6S3. The fraction of sp³-hybridized carbons (Fsp3) is 0.478. The van der Waals surface area contributed by atoms with Gasteiger partial charge in [-0.2, -0.15) is 0 Å². The van der Waals surface area contributed by atoms with Gasteiger partial charge in [0.2, 0.25) is 0 Å². The zero-order chi connectivity index (χ0) is 22.8. The Morgan fingerprint density at radius 3 is 2.55 bits per heavy atom. The van der Waals surface area contributed by atoms with Crippen molar-refractivity contribution in [3.63, 3.8) is 0 Å². The van der Waals surface area contributed by atoms with Crippen LogP contribution in [-0.4, -0.2) is 85.0 Å². The Kier molecular flexibility index (Phi) is 14.4. The van der Waals surface area contributed by atoms with Gasteiger partial charge < -0.3 is 15.5 Å². The SMILES string of the molecule is C=Nc1ccccc1NCSCCN1CCN(C[N-]c2c(SC)cc(C)nc2SC)CC1.[K+]. The van der Waals surface area contributed by atoms with E-state index in [0.29, 0.717) is 0 Å². The van der Waals surface area contributed by atoms with Gasteiger partial charge in [0.25, 0.3) is 0 Å². The number of nitrogens with zero attached hydrogens (tertiary/aromatic N) is 5. The minimum Gasteiger partial charge on any atom is -0.669 e. The minimum absolute atomic E-state index is 0. The molecule has 0 bridgehead atoms. The maximum Gasteiger partial charge on any atom is 1.00 e. The molecule has 6 nitrogen and oxygen atoms in total. The van der Waals surface area contributed by atoms with Crippen LogP contribution >= 0.6 is 35.3 Å². The van der Waals surface area contributed by atoms with E-state index in [1.807, 2.05) is 43.0 Å². The van der Waals surface area contributed by atoms with Crippen molar-refractivity contribution in [2.75, 3.05) is 68.9 Å². The smallest absolute Gasteiger partial charge is 0.669 e. The average Bonchev–Trinajstić information content (AvgIpc) is 2.83. The number of piperazine rings is 1. The third-order valence-corrected chi connectivity index (χ3v) is 7.59. The van der Waals surface area contributed by atoms with Crippen molar-refractivity contribution < 1.29 is 51.4 Å². The van der Waals surface area contributed by atoms with Crippen molar-refractivity contribution in [2.24, 2.45) is 4.99 Å². The van der Waals surface area contributed by atoms with Crippen LogP contribution in [0.4, 0.5) is 17.1 Å². The molecule has 174 valence electrons. The minimum atomic E-state index is 0. The quantitative estimate of drug-likeness (QED) is 0.149. The van der Waals surface area contributed by atoms with Crippen molar-refractivity contribution in [1.29, 1.82) is 0 Å². The summed E-state index contributed by atoms with van der Waals surface area (Å²) >= 11 is 5.35. The first kappa shape index (κ1) is 29.5. The predicted octanol–water partition coefficient (Wildman–Crippen LogP) is 2.55. The van der Waals surface area contributed by atoms with Crippen molar-refractivity contribution in [1.82, 2.24) is 14.8 Å². The van der Waals surface area contributed by atoms with E-state index in [2.05, 4.69) is 50.4 Å². The van der Waals surface area contributed by atoms with Crippen molar-refractivity contribution >= 4 is 59.1 Å². The van der Waals surface area contributed by atoms with E-state index in [1.165, 1.54) is 4.90 Å². The molecule has 1 N–H and O–H groups in total. The fourth-order valence-corrected chi connectivity index (χ4v) is 5.63. The van der Waals surface area contributed by atoms with Crippen molar-refractivity contribution in [3.05, 3.63) is 41.3 Å². The molecule has 0 unspecified atom stereocenters. The summed E-state index contributed by atoms with van der Waals surface area (Å²) in [5.41, 5.74) is 4.06. The molecule has 10 heteroatoms. The first-order valence-corrected chi connectivity index (χ1v) is 14.3. The Morgan fingerprint density at radius 1 is 1.12 bits per heavy atom. The molecule has 2 aromatic rings. The van der Waals surface area contributed by atoms with Crippen LogP contribution in [-0.2, 0) is 0 Å². The molecule has 1 aromatic heterocycles. The van der Waals surface area contributed by atoms with Gasteiger partial charge in [-0.1, -0.05) is 24.5 Å². The van der Waals surface area contributed by atoms with E-state index in [-0.39, 0.29) is 51.4 Å². The number of benzene rings is 1. The molecule has 0 radical (unpaired) electrons. The Morgan fingerprint density at radius 2 is 1.85 bits per heavy atom. The zero-order valence-electron chi connectivity index (χ0n) is 20.2. The number of rotatable bonds is 12. The van der Waals surface area contributed by atoms with E-state index in [9.17, 15) is 0 Å². The van der Waals surface area contributed by atoms with Crippen LogP contribution in [0.15, 0.2) is 45.2 Å². The second-order valence-corrected chi connectivity index (χ2v) is 10.2. The second kappa shape index (κ2) is 16.1. The molecule has 1 saturated heterocycles. The summed E-state index contributed by atoms with van der Waals surface area (Å²) in [7, 11) is 0. The van der Waals surface area contributed by atoms with Gasteiger partial charge in [0.1, 0.15) is 0 Å². The van der Waals surface area contributed by atoms with E-state index in [1.54, 1.807) is 23.5 Å². The summed E-state index contributed by atoms with van der Waals surface area (Å²) in [4.78, 5) is 14.9. The number of hydrogen-bond acceptors (Lipinski definition) is 8. The zero-order valence-corrected chi connectivity index (χ0v) is 25.8. The normalized spacial score (nSPS) is 14.5. The third-order valence-electron chi connectivity index (χ3n) is 5.35. The molecule has 33 heavy (non-hydrogen) atoms. The van der Waals surface area contributed by atoms with Crippen LogP contribution in [0.1, 0.15) is 5.69 Å². The van der Waals surface area contributed by atoms with Gasteiger partial charge in [0.05, 0.1) is 22.3 Å². The molecule has 1 aromatic carbocycles. The van der Waals surface area contributed by atoms with Gasteiger partial charge in [-0.15, -0.1) is 35.3 Å². The largest absolute Gasteiger partial charge is 1.00 e. The maximum absolute atomic E-state index is 4.95. The summed E-state index contributed by atoms with van der Waals surface area (Å²) in [5, 5.41) is 9.42. The van der Waals surface area contributed by atoms with Crippen molar-refractivity contribution in [3.8, 4) is 0 Å². The van der Waals surface area contributed by atoms with Gasteiger partial charge >= 0.3 is 51.4 Å². The molecule has 1 aliphatic heterocycles. The fourth-order valence-electron chi connectivity index (χ4n) is 3.53. The van der Waals surface area contributed by atoms with Crippen molar-refractivity contribution in [2.45, 2.75) is 16.8 Å². The van der Waals surface area contributed by atoms with Crippen LogP contribution in [0.2, 0.25) is 0 Å². The van der Waals surface area contributed by atoms with Crippen LogP contribution in [0.25, 0.3) is 5.32 Å². The van der Waals surface area contributed by atoms with Crippen LogP contribution < -0.4 is 56.7 Å². The number of aromatic nitrogens is 1. The van der Waals surface area contributed by atoms with E-state index in [4.69, 9.17) is 5.32 Å². The Bertz CT molecular complexity index is 852. The van der Waals surface area contributed by atoms with E-state index >= 15 is 0 Å². The Balaban J connectivity index is 0.00000385. The molecule has 1 fully saturated rings. The van der Waals surface area contributed by atoms with Gasteiger partial charge in [-0.3, -0.25) is 9.89 Å². The van der Waals surface area contributed by atoms with Crippen LogP contribution in [0.5, 0.6) is 0 Å².